The van der Waals surface area contributed by atoms with Crippen LogP contribution in [0.15, 0.2) is 78.9 Å². The van der Waals surface area contributed by atoms with Crippen molar-refractivity contribution in [3.63, 3.8) is 0 Å². The number of benzene rings is 3. The van der Waals surface area contributed by atoms with Gasteiger partial charge in [0.15, 0.2) is 11.6 Å². The fourth-order valence-corrected chi connectivity index (χ4v) is 5.46. The van der Waals surface area contributed by atoms with Crippen molar-refractivity contribution in [2.24, 2.45) is 10.8 Å². The minimum absolute atomic E-state index is 0.0701. The van der Waals surface area contributed by atoms with Crippen LogP contribution in [0.3, 0.4) is 0 Å². The summed E-state index contributed by atoms with van der Waals surface area (Å²) < 4.78 is 25.7. The summed E-state index contributed by atoms with van der Waals surface area (Å²) in [6.07, 6.45) is 1.58. The van der Waals surface area contributed by atoms with Crippen molar-refractivity contribution in [1.29, 1.82) is 5.26 Å². The molecular formula is C28H22Cl2FNO3. The van der Waals surface area contributed by atoms with Crippen LogP contribution in [0.2, 0.25) is 5.02 Å². The Kier molecular flexibility index (Phi) is 6.40. The predicted molar refractivity (Wildman–Crippen MR) is 134 cm³/mol. The molecule has 4 nitrogen and oxygen atoms in total. The summed E-state index contributed by atoms with van der Waals surface area (Å²) in [6, 6.07) is 22.0. The Morgan fingerprint density at radius 1 is 1.06 bits per heavy atom. The molecule has 7 heteroatoms. The Labute approximate surface area is 213 Å². The standard InChI is InChI=1S/C28H22Cl2FNO3/c1-26(2)27(17-32,16-22(30)18-9-12-20(29)13-10-18)28(26,25(33)34-3)19-11-14-23(31)24(15-19)35-21-7-5-4-6-8-21/h4-16H,1-3H3. The van der Waals surface area contributed by atoms with E-state index in [0.717, 1.165) is 0 Å². The molecule has 1 fully saturated rings. The molecule has 1 saturated carbocycles. The highest BCUT2D eigenvalue weighted by atomic mass is 35.5. The molecule has 0 bridgehead atoms. The van der Waals surface area contributed by atoms with Crippen LogP contribution in [-0.2, 0) is 14.9 Å². The second-order valence-electron chi connectivity index (χ2n) is 8.85. The van der Waals surface area contributed by atoms with E-state index in [1.54, 1.807) is 68.5 Å². The number of hydrogen-bond acceptors (Lipinski definition) is 4. The molecular weight excluding hydrogens is 488 g/mol. The summed E-state index contributed by atoms with van der Waals surface area (Å²) in [7, 11) is 1.26. The quantitative estimate of drug-likeness (QED) is 0.322. The van der Waals surface area contributed by atoms with Gasteiger partial charge in [-0.1, -0.05) is 73.4 Å². The van der Waals surface area contributed by atoms with Gasteiger partial charge >= 0.3 is 5.97 Å². The molecule has 0 spiro atoms. The van der Waals surface area contributed by atoms with E-state index in [-0.39, 0.29) is 10.8 Å². The van der Waals surface area contributed by atoms with Crippen molar-refractivity contribution in [3.8, 4) is 17.6 Å². The van der Waals surface area contributed by atoms with Crippen LogP contribution in [-0.4, -0.2) is 13.1 Å². The van der Waals surface area contributed by atoms with Crippen LogP contribution >= 0.6 is 23.2 Å². The van der Waals surface area contributed by atoms with Crippen molar-refractivity contribution in [1.82, 2.24) is 0 Å². The van der Waals surface area contributed by atoms with Crippen molar-refractivity contribution in [2.45, 2.75) is 19.3 Å². The van der Waals surface area contributed by atoms with Crippen molar-refractivity contribution < 1.29 is 18.7 Å². The van der Waals surface area contributed by atoms with Gasteiger partial charge in [0.1, 0.15) is 16.6 Å². The van der Waals surface area contributed by atoms with Crippen molar-refractivity contribution in [2.75, 3.05) is 7.11 Å². The molecule has 0 aromatic heterocycles. The number of ether oxygens (including phenoxy) is 2. The van der Waals surface area contributed by atoms with E-state index in [4.69, 9.17) is 32.7 Å². The molecule has 1 aliphatic carbocycles. The number of halogens is 3. The summed E-state index contributed by atoms with van der Waals surface area (Å²) in [6.45, 7) is 3.58. The smallest absolute Gasteiger partial charge is 0.318 e. The first-order chi connectivity index (χ1) is 16.6. The van der Waals surface area contributed by atoms with E-state index in [9.17, 15) is 14.4 Å². The Morgan fingerprint density at radius 2 is 1.71 bits per heavy atom. The van der Waals surface area contributed by atoms with Crippen LogP contribution < -0.4 is 4.74 Å². The first kappa shape index (κ1) is 24.8. The third-order valence-electron chi connectivity index (χ3n) is 6.92. The topological polar surface area (TPSA) is 59.3 Å². The maximum Gasteiger partial charge on any atom is 0.318 e. The van der Waals surface area contributed by atoms with E-state index in [0.29, 0.717) is 21.9 Å². The average Bonchev–Trinajstić information content (AvgIpc) is 3.30. The first-order valence-electron chi connectivity index (χ1n) is 10.8. The van der Waals surface area contributed by atoms with E-state index in [2.05, 4.69) is 6.07 Å². The third-order valence-corrected chi connectivity index (χ3v) is 7.50. The summed E-state index contributed by atoms with van der Waals surface area (Å²) in [5.41, 5.74) is -2.76. The van der Waals surface area contributed by atoms with Crippen LogP contribution in [0.4, 0.5) is 4.39 Å². The Balaban J connectivity index is 1.88. The average molecular weight is 510 g/mol. The lowest BCUT2D eigenvalue weighted by Gasteiger charge is -2.20. The molecule has 2 unspecified atom stereocenters. The van der Waals surface area contributed by atoms with E-state index in [1.165, 1.54) is 25.3 Å². The molecule has 0 N–H and O–H groups in total. The minimum atomic E-state index is -1.46. The minimum Gasteiger partial charge on any atom is -0.468 e. The number of para-hydroxylation sites is 1. The summed E-state index contributed by atoms with van der Waals surface area (Å²) >= 11 is 12.6. The maximum atomic E-state index is 14.7. The zero-order chi connectivity index (χ0) is 25.4. The van der Waals surface area contributed by atoms with Gasteiger partial charge in [0, 0.05) is 15.5 Å². The van der Waals surface area contributed by atoms with Crippen LogP contribution in [0, 0.1) is 28.0 Å². The van der Waals surface area contributed by atoms with Crippen LogP contribution in [0.1, 0.15) is 25.0 Å². The van der Waals surface area contributed by atoms with Crippen LogP contribution in [0.5, 0.6) is 11.5 Å². The Morgan fingerprint density at radius 3 is 2.31 bits per heavy atom. The number of allylic oxidation sites excluding steroid dienone is 1. The molecule has 3 aromatic rings. The Hall–Kier alpha value is -3.33. The summed E-state index contributed by atoms with van der Waals surface area (Å²) in [4.78, 5) is 13.4. The van der Waals surface area contributed by atoms with E-state index in [1.807, 2.05) is 6.07 Å². The first-order valence-corrected chi connectivity index (χ1v) is 11.6. The lowest BCUT2D eigenvalue weighted by atomic mass is 9.85. The number of esters is 1. The fourth-order valence-electron chi connectivity index (χ4n) is 5.04. The second kappa shape index (κ2) is 9.03. The Bertz CT molecular complexity index is 1350. The van der Waals surface area contributed by atoms with Gasteiger partial charge in [0.25, 0.3) is 0 Å². The predicted octanol–water partition coefficient (Wildman–Crippen LogP) is 7.51. The number of methoxy groups -OCH3 is 1. The third kappa shape index (κ3) is 3.69. The molecule has 1 aliphatic rings. The molecule has 4 rings (SSSR count). The van der Waals surface area contributed by atoms with E-state index < -0.39 is 28.0 Å². The number of nitrogens with zero attached hydrogens (tertiary/aromatic N) is 1. The zero-order valence-corrected chi connectivity index (χ0v) is 20.8. The highest BCUT2D eigenvalue weighted by Gasteiger charge is 2.87. The normalized spacial score (nSPS) is 22.7. The van der Waals surface area contributed by atoms with Crippen LogP contribution in [0.25, 0.3) is 5.03 Å². The summed E-state index contributed by atoms with van der Waals surface area (Å²) in [5, 5.41) is 11.3. The SMILES string of the molecule is COC(=O)C1(c2ccc(F)c(Oc3ccccc3)c2)C(C)(C)C1(C#N)C=C(Cl)c1ccc(Cl)cc1. The number of hydrogen-bond donors (Lipinski definition) is 0. The molecule has 3 aromatic carbocycles. The van der Waals surface area contributed by atoms with E-state index >= 15 is 0 Å². The number of carbonyl (C=O) groups excluding carboxylic acids is 1. The van der Waals surface area contributed by atoms with Gasteiger partial charge in [-0.15, -0.1) is 0 Å². The molecule has 35 heavy (non-hydrogen) atoms. The lowest BCUT2D eigenvalue weighted by molar-refractivity contribution is -0.145. The van der Waals surface area contributed by atoms with Gasteiger partial charge < -0.3 is 9.47 Å². The molecule has 0 radical (unpaired) electrons. The monoisotopic (exact) mass is 509 g/mol. The number of nitriles is 1. The molecule has 178 valence electrons. The highest BCUT2D eigenvalue weighted by Crippen LogP contribution is 2.79. The van der Waals surface area contributed by atoms with Gasteiger partial charge in [0.2, 0.25) is 0 Å². The van der Waals surface area contributed by atoms with Gasteiger partial charge in [-0.25, -0.2) is 4.39 Å². The second-order valence-corrected chi connectivity index (χ2v) is 9.69. The van der Waals surface area contributed by atoms with Crippen molar-refractivity contribution in [3.05, 3.63) is 101 Å². The van der Waals surface area contributed by atoms with Gasteiger partial charge in [-0.05, 0) is 53.6 Å². The molecule has 0 heterocycles. The van der Waals surface area contributed by atoms with Gasteiger partial charge in [0.05, 0.1) is 13.2 Å². The molecule has 2 atom stereocenters. The maximum absolute atomic E-state index is 14.7. The number of rotatable bonds is 6. The number of carbonyl (C=O) groups is 1. The molecule has 0 amide bonds. The molecule has 0 saturated heterocycles. The fraction of sp³-hybridized carbons (Fsp3) is 0.214. The largest absolute Gasteiger partial charge is 0.468 e. The summed E-state index contributed by atoms with van der Waals surface area (Å²) in [5.74, 6) is -0.867. The van der Waals surface area contributed by atoms with Gasteiger partial charge in [-0.2, -0.15) is 5.26 Å². The highest BCUT2D eigenvalue weighted by molar-refractivity contribution is 6.49. The molecule has 0 aliphatic heterocycles. The zero-order valence-electron chi connectivity index (χ0n) is 19.3. The van der Waals surface area contributed by atoms with Crippen molar-refractivity contribution >= 4 is 34.2 Å². The lowest BCUT2D eigenvalue weighted by Crippen LogP contribution is -2.30. The van der Waals surface area contributed by atoms with Gasteiger partial charge in [-0.3, -0.25) is 4.79 Å².